The van der Waals surface area contributed by atoms with Crippen molar-refractivity contribution in [1.82, 2.24) is 5.32 Å². The molecule has 0 radical (unpaired) electrons. The molecule has 1 aliphatic heterocycles. The molecule has 7 heteroatoms. The minimum Gasteiger partial charge on any atom is -0.465 e. The van der Waals surface area contributed by atoms with E-state index in [1.807, 2.05) is 54.6 Å². The van der Waals surface area contributed by atoms with Crippen LogP contribution in [0.3, 0.4) is 0 Å². The molecule has 172 valence electrons. The average molecular weight is 456 g/mol. The van der Waals surface area contributed by atoms with Crippen LogP contribution in [0.4, 0.5) is 11.4 Å². The third kappa shape index (κ3) is 4.99. The lowest BCUT2D eigenvalue weighted by Gasteiger charge is -2.15. The summed E-state index contributed by atoms with van der Waals surface area (Å²) in [5.41, 5.74) is 5.55. The highest BCUT2D eigenvalue weighted by Crippen LogP contribution is 2.38. The molecule has 0 aromatic heterocycles. The number of anilines is 2. The maximum atomic E-state index is 13.1. The van der Waals surface area contributed by atoms with E-state index in [4.69, 9.17) is 4.74 Å². The summed E-state index contributed by atoms with van der Waals surface area (Å²) >= 11 is 0. The molecule has 1 aliphatic rings. The van der Waals surface area contributed by atoms with Crippen LogP contribution in [0.15, 0.2) is 72.8 Å². The SMILES string of the molecule is COC(=O)c1ccc2c(c1)NC(=O)/C2=C(/Nc1ccc(CCNC(C)=O)cc1)c1ccccc1. The Morgan fingerprint density at radius 2 is 1.68 bits per heavy atom. The van der Waals surface area contributed by atoms with Crippen LogP contribution in [0.2, 0.25) is 0 Å². The normalized spacial score (nSPS) is 13.5. The Labute approximate surface area is 197 Å². The number of methoxy groups -OCH3 is 1. The van der Waals surface area contributed by atoms with Crippen LogP contribution >= 0.6 is 0 Å². The molecular formula is C27H25N3O4. The van der Waals surface area contributed by atoms with Crippen molar-refractivity contribution in [1.29, 1.82) is 0 Å². The van der Waals surface area contributed by atoms with Crippen LogP contribution in [0.25, 0.3) is 11.3 Å². The molecule has 0 saturated heterocycles. The van der Waals surface area contributed by atoms with E-state index in [1.54, 1.807) is 18.2 Å². The first-order valence-corrected chi connectivity index (χ1v) is 10.9. The maximum Gasteiger partial charge on any atom is 0.337 e. The van der Waals surface area contributed by atoms with Crippen LogP contribution < -0.4 is 16.0 Å². The Morgan fingerprint density at radius 3 is 2.35 bits per heavy atom. The van der Waals surface area contributed by atoms with E-state index in [0.717, 1.165) is 23.2 Å². The zero-order valence-electron chi connectivity index (χ0n) is 19.0. The van der Waals surface area contributed by atoms with E-state index < -0.39 is 5.97 Å². The predicted molar refractivity (Wildman–Crippen MR) is 132 cm³/mol. The predicted octanol–water partition coefficient (Wildman–Crippen LogP) is 4.08. The Kier molecular flexibility index (Phi) is 6.73. The first-order valence-electron chi connectivity index (χ1n) is 10.9. The topological polar surface area (TPSA) is 96.5 Å². The first-order chi connectivity index (χ1) is 16.5. The van der Waals surface area contributed by atoms with Crippen LogP contribution in [0.1, 0.15) is 34.0 Å². The molecule has 34 heavy (non-hydrogen) atoms. The molecular weight excluding hydrogens is 430 g/mol. The second-order valence-corrected chi connectivity index (χ2v) is 7.88. The van der Waals surface area contributed by atoms with Gasteiger partial charge in [-0.3, -0.25) is 9.59 Å². The molecule has 3 N–H and O–H groups in total. The number of nitrogens with one attached hydrogen (secondary N) is 3. The molecule has 0 fully saturated rings. The van der Waals surface area contributed by atoms with E-state index in [1.165, 1.54) is 14.0 Å². The number of rotatable bonds is 7. The Hall–Kier alpha value is -4.39. The van der Waals surface area contributed by atoms with E-state index >= 15 is 0 Å². The van der Waals surface area contributed by atoms with E-state index in [-0.39, 0.29) is 11.8 Å². The molecule has 3 aromatic rings. The number of ether oxygens (including phenoxy) is 1. The fraction of sp³-hybridized carbons (Fsp3) is 0.148. The number of amides is 2. The van der Waals surface area contributed by atoms with E-state index in [9.17, 15) is 14.4 Å². The number of hydrogen-bond donors (Lipinski definition) is 3. The molecule has 3 aromatic carbocycles. The van der Waals surface area contributed by atoms with Gasteiger partial charge in [-0.2, -0.15) is 0 Å². The first kappa shape index (κ1) is 22.8. The number of hydrogen-bond acceptors (Lipinski definition) is 5. The van der Waals surface area contributed by atoms with Crippen molar-refractivity contribution in [3.05, 3.63) is 95.1 Å². The molecule has 0 unspecified atom stereocenters. The Morgan fingerprint density at radius 1 is 0.941 bits per heavy atom. The summed E-state index contributed by atoms with van der Waals surface area (Å²) in [7, 11) is 1.32. The molecule has 0 aliphatic carbocycles. The number of carbonyl (C=O) groups excluding carboxylic acids is 3. The minimum atomic E-state index is -0.463. The third-order valence-corrected chi connectivity index (χ3v) is 5.51. The average Bonchev–Trinajstić information content (AvgIpc) is 3.18. The lowest BCUT2D eigenvalue weighted by Crippen LogP contribution is -2.22. The van der Waals surface area contributed by atoms with Gasteiger partial charge in [-0.25, -0.2) is 4.79 Å². The summed E-state index contributed by atoms with van der Waals surface area (Å²) in [6.07, 6.45) is 0.727. The minimum absolute atomic E-state index is 0.0498. The van der Waals surface area contributed by atoms with Gasteiger partial charge in [-0.05, 0) is 41.8 Å². The summed E-state index contributed by atoms with van der Waals surface area (Å²) in [5, 5.41) is 9.07. The summed E-state index contributed by atoms with van der Waals surface area (Å²) < 4.78 is 4.79. The van der Waals surface area contributed by atoms with Crippen molar-refractivity contribution >= 4 is 40.4 Å². The monoisotopic (exact) mass is 455 g/mol. The maximum absolute atomic E-state index is 13.1. The highest BCUT2D eigenvalue weighted by molar-refractivity contribution is 6.37. The summed E-state index contributed by atoms with van der Waals surface area (Å²) in [5.74, 6) is -0.768. The van der Waals surface area contributed by atoms with Crippen molar-refractivity contribution < 1.29 is 19.1 Å². The third-order valence-electron chi connectivity index (χ3n) is 5.51. The van der Waals surface area contributed by atoms with Gasteiger partial charge in [0, 0.05) is 24.7 Å². The van der Waals surface area contributed by atoms with Gasteiger partial charge in [0.25, 0.3) is 5.91 Å². The molecule has 7 nitrogen and oxygen atoms in total. The van der Waals surface area contributed by atoms with Gasteiger partial charge in [0.1, 0.15) is 0 Å². The number of esters is 1. The van der Waals surface area contributed by atoms with E-state index in [2.05, 4.69) is 16.0 Å². The Balaban J connectivity index is 1.69. The van der Waals surface area contributed by atoms with Crippen molar-refractivity contribution in [2.24, 2.45) is 0 Å². The van der Waals surface area contributed by atoms with E-state index in [0.29, 0.717) is 34.6 Å². The zero-order chi connectivity index (χ0) is 24.1. The highest BCUT2D eigenvalue weighted by Gasteiger charge is 2.29. The van der Waals surface area contributed by atoms with Crippen molar-refractivity contribution in [3.63, 3.8) is 0 Å². The fourth-order valence-corrected chi connectivity index (χ4v) is 3.83. The molecule has 0 spiro atoms. The van der Waals surface area contributed by atoms with Gasteiger partial charge in [-0.1, -0.05) is 48.5 Å². The number of fused-ring (bicyclic) bond motifs is 1. The van der Waals surface area contributed by atoms with Gasteiger partial charge in [0.05, 0.1) is 29.6 Å². The Bertz CT molecular complexity index is 1260. The van der Waals surface area contributed by atoms with Crippen LogP contribution in [-0.4, -0.2) is 31.4 Å². The largest absolute Gasteiger partial charge is 0.465 e. The van der Waals surface area contributed by atoms with Crippen LogP contribution in [0.5, 0.6) is 0 Å². The van der Waals surface area contributed by atoms with Crippen molar-refractivity contribution in [3.8, 4) is 0 Å². The standard InChI is InChI=1S/C27H25N3O4/c1-17(31)28-15-14-18-8-11-21(12-9-18)29-25(19-6-4-3-5-7-19)24-22-13-10-20(27(33)34-2)16-23(22)30-26(24)32/h3-13,16,29H,14-15H2,1-2H3,(H,28,31)(H,30,32)/b25-24+. The van der Waals surface area contributed by atoms with Gasteiger partial charge in [0.15, 0.2) is 0 Å². The second-order valence-electron chi connectivity index (χ2n) is 7.88. The summed E-state index contributed by atoms with van der Waals surface area (Å²) in [6.45, 7) is 2.07. The summed E-state index contributed by atoms with van der Waals surface area (Å²) in [4.78, 5) is 36.0. The smallest absolute Gasteiger partial charge is 0.337 e. The molecule has 0 atom stereocenters. The molecule has 0 saturated carbocycles. The molecule has 1 heterocycles. The lowest BCUT2D eigenvalue weighted by atomic mass is 9.99. The summed E-state index contributed by atoms with van der Waals surface area (Å²) in [6, 6.07) is 22.5. The van der Waals surface area contributed by atoms with Crippen molar-refractivity contribution in [2.45, 2.75) is 13.3 Å². The molecule has 2 amide bonds. The number of carbonyl (C=O) groups is 3. The molecule has 4 rings (SSSR count). The zero-order valence-corrected chi connectivity index (χ0v) is 19.0. The highest BCUT2D eigenvalue weighted by atomic mass is 16.5. The fourth-order valence-electron chi connectivity index (χ4n) is 3.83. The van der Waals surface area contributed by atoms with Crippen LogP contribution in [0, 0.1) is 0 Å². The lowest BCUT2D eigenvalue weighted by molar-refractivity contribution is -0.119. The van der Waals surface area contributed by atoms with Gasteiger partial charge < -0.3 is 20.7 Å². The van der Waals surface area contributed by atoms with Crippen molar-refractivity contribution in [2.75, 3.05) is 24.3 Å². The second kappa shape index (κ2) is 10.0. The van der Waals surface area contributed by atoms with Gasteiger partial charge in [-0.15, -0.1) is 0 Å². The quantitative estimate of drug-likeness (QED) is 0.368. The number of benzene rings is 3. The van der Waals surface area contributed by atoms with Gasteiger partial charge >= 0.3 is 5.97 Å². The van der Waals surface area contributed by atoms with Crippen LogP contribution in [-0.2, 0) is 20.7 Å². The van der Waals surface area contributed by atoms with Gasteiger partial charge in [0.2, 0.25) is 5.91 Å². The molecule has 0 bridgehead atoms.